The zero-order chi connectivity index (χ0) is 16.8. The molecular weight excluding hydrogens is 304 g/mol. The summed E-state index contributed by atoms with van der Waals surface area (Å²) in [5.74, 6) is 0.191. The van der Waals surface area contributed by atoms with Crippen molar-refractivity contribution in [2.24, 2.45) is 0 Å². The number of hydrogen-bond donors (Lipinski definition) is 1. The Kier molecular flexibility index (Phi) is 4.81. The lowest BCUT2D eigenvalue weighted by Gasteiger charge is -2.07. The number of rotatable bonds is 6. The van der Waals surface area contributed by atoms with Crippen molar-refractivity contribution in [3.8, 4) is 17.3 Å². The molecule has 0 aliphatic rings. The minimum Gasteiger partial charge on any atom is -0.481 e. The largest absolute Gasteiger partial charge is 0.481 e. The lowest BCUT2D eigenvalue weighted by atomic mass is 10.1. The number of carboxylic acids is 1. The molecule has 0 bridgehead atoms. The van der Waals surface area contributed by atoms with Crippen LogP contribution in [0.4, 0.5) is 0 Å². The lowest BCUT2D eigenvalue weighted by molar-refractivity contribution is -0.136. The fraction of sp³-hybridized carbons (Fsp3) is 0.105. The molecule has 2 aromatic carbocycles. The topological polar surface area (TPSA) is 72.3 Å². The highest BCUT2D eigenvalue weighted by Crippen LogP contribution is 2.19. The first-order valence-electron chi connectivity index (χ1n) is 7.51. The molecule has 1 heterocycles. The van der Waals surface area contributed by atoms with Crippen molar-refractivity contribution in [2.45, 2.75) is 13.0 Å². The van der Waals surface area contributed by atoms with E-state index < -0.39 is 5.97 Å². The Morgan fingerprint density at radius 2 is 1.71 bits per heavy atom. The zero-order valence-corrected chi connectivity index (χ0v) is 12.9. The molecule has 120 valence electrons. The van der Waals surface area contributed by atoms with Crippen molar-refractivity contribution >= 4 is 5.97 Å². The van der Waals surface area contributed by atoms with E-state index >= 15 is 0 Å². The summed E-state index contributed by atoms with van der Waals surface area (Å²) in [4.78, 5) is 19.4. The highest BCUT2D eigenvalue weighted by Gasteiger charge is 2.06. The van der Waals surface area contributed by atoms with Crippen molar-refractivity contribution in [3.63, 3.8) is 0 Å². The predicted molar refractivity (Wildman–Crippen MR) is 89.6 cm³/mol. The molecule has 1 aromatic heterocycles. The van der Waals surface area contributed by atoms with Crippen molar-refractivity contribution in [2.75, 3.05) is 0 Å². The predicted octanol–water partition coefficient (Wildman–Crippen LogP) is 3.35. The molecule has 5 heteroatoms. The molecule has 0 aliphatic carbocycles. The number of benzene rings is 2. The third-order valence-corrected chi connectivity index (χ3v) is 3.43. The maximum atomic E-state index is 10.7. The second kappa shape index (κ2) is 7.37. The summed E-state index contributed by atoms with van der Waals surface area (Å²) in [6, 6.07) is 18.7. The van der Waals surface area contributed by atoms with Crippen LogP contribution >= 0.6 is 0 Å². The molecule has 3 aromatic rings. The van der Waals surface area contributed by atoms with Gasteiger partial charge in [-0.2, -0.15) is 4.98 Å². The van der Waals surface area contributed by atoms with Crippen LogP contribution in [0.3, 0.4) is 0 Å². The van der Waals surface area contributed by atoms with Crippen LogP contribution in [0.25, 0.3) is 11.4 Å². The van der Waals surface area contributed by atoms with E-state index in [2.05, 4.69) is 9.97 Å². The lowest BCUT2D eigenvalue weighted by Crippen LogP contribution is -2.00. The standard InChI is InChI=1S/C19H16N2O3/c22-18(23)12-14-6-8-16(9-7-14)19-20-11-10-17(21-19)24-13-15-4-2-1-3-5-15/h1-11H,12-13H2,(H,22,23). The maximum absolute atomic E-state index is 10.7. The highest BCUT2D eigenvalue weighted by atomic mass is 16.5. The maximum Gasteiger partial charge on any atom is 0.307 e. The average Bonchev–Trinajstić information content (AvgIpc) is 2.61. The Morgan fingerprint density at radius 3 is 2.42 bits per heavy atom. The van der Waals surface area contributed by atoms with Crippen LogP contribution < -0.4 is 4.74 Å². The molecule has 3 rings (SSSR count). The van der Waals surface area contributed by atoms with Gasteiger partial charge in [0.05, 0.1) is 6.42 Å². The molecular formula is C19H16N2O3. The van der Waals surface area contributed by atoms with Gasteiger partial charge < -0.3 is 9.84 Å². The molecule has 0 atom stereocenters. The van der Waals surface area contributed by atoms with Gasteiger partial charge in [-0.1, -0.05) is 54.6 Å². The first-order chi connectivity index (χ1) is 11.7. The van der Waals surface area contributed by atoms with Gasteiger partial charge in [-0.25, -0.2) is 4.98 Å². The summed E-state index contributed by atoms with van der Waals surface area (Å²) < 4.78 is 5.70. The van der Waals surface area contributed by atoms with Gasteiger partial charge in [-0.15, -0.1) is 0 Å². The molecule has 0 unspecified atom stereocenters. The molecule has 0 amide bonds. The molecule has 0 spiro atoms. The number of aliphatic carboxylic acids is 1. The van der Waals surface area contributed by atoms with E-state index in [0.29, 0.717) is 18.3 Å². The van der Waals surface area contributed by atoms with E-state index in [0.717, 1.165) is 16.7 Å². The first kappa shape index (κ1) is 15.7. The van der Waals surface area contributed by atoms with Gasteiger partial charge in [0.15, 0.2) is 5.82 Å². The second-order valence-electron chi connectivity index (χ2n) is 5.26. The summed E-state index contributed by atoms with van der Waals surface area (Å²) in [7, 11) is 0. The van der Waals surface area contributed by atoms with E-state index in [1.807, 2.05) is 42.5 Å². The molecule has 0 aliphatic heterocycles. The summed E-state index contributed by atoms with van der Waals surface area (Å²) in [6.45, 7) is 0.439. The molecule has 24 heavy (non-hydrogen) atoms. The van der Waals surface area contributed by atoms with Gasteiger partial charge in [0.1, 0.15) is 6.61 Å². The van der Waals surface area contributed by atoms with Crippen LogP contribution in [-0.4, -0.2) is 21.0 Å². The van der Waals surface area contributed by atoms with Gasteiger partial charge in [0.25, 0.3) is 0 Å². The van der Waals surface area contributed by atoms with Crippen LogP contribution in [-0.2, 0) is 17.8 Å². The van der Waals surface area contributed by atoms with Crippen LogP contribution in [0, 0.1) is 0 Å². The van der Waals surface area contributed by atoms with E-state index in [9.17, 15) is 4.79 Å². The molecule has 0 saturated heterocycles. The summed E-state index contributed by atoms with van der Waals surface area (Å²) in [5.41, 5.74) is 2.62. The number of hydrogen-bond acceptors (Lipinski definition) is 4. The van der Waals surface area contributed by atoms with Crippen molar-refractivity contribution in [1.29, 1.82) is 0 Å². The van der Waals surface area contributed by atoms with Gasteiger partial charge in [0.2, 0.25) is 5.88 Å². The normalized spacial score (nSPS) is 10.3. The number of aromatic nitrogens is 2. The number of nitrogens with zero attached hydrogens (tertiary/aromatic N) is 2. The fourth-order valence-corrected chi connectivity index (χ4v) is 2.24. The zero-order valence-electron chi connectivity index (χ0n) is 12.9. The van der Waals surface area contributed by atoms with E-state index in [4.69, 9.17) is 9.84 Å². The Labute approximate surface area is 139 Å². The van der Waals surface area contributed by atoms with Crippen LogP contribution in [0.5, 0.6) is 5.88 Å². The van der Waals surface area contributed by atoms with E-state index in [1.54, 1.807) is 24.4 Å². The minimum absolute atomic E-state index is 0.00135. The van der Waals surface area contributed by atoms with Crippen molar-refractivity contribution < 1.29 is 14.6 Å². The molecule has 5 nitrogen and oxygen atoms in total. The molecule has 0 fully saturated rings. The SMILES string of the molecule is O=C(O)Cc1ccc(-c2nccc(OCc3ccccc3)n2)cc1. The Hall–Kier alpha value is -3.21. The summed E-state index contributed by atoms with van der Waals surface area (Å²) in [5, 5.41) is 8.80. The fourth-order valence-electron chi connectivity index (χ4n) is 2.24. The monoisotopic (exact) mass is 320 g/mol. The average molecular weight is 320 g/mol. The molecule has 0 radical (unpaired) electrons. The second-order valence-corrected chi connectivity index (χ2v) is 5.26. The summed E-state index contributed by atoms with van der Waals surface area (Å²) in [6.07, 6.45) is 1.65. The van der Waals surface area contributed by atoms with Crippen molar-refractivity contribution in [1.82, 2.24) is 9.97 Å². The Morgan fingerprint density at radius 1 is 0.958 bits per heavy atom. The number of carboxylic acid groups (broad SMARTS) is 1. The number of carbonyl (C=O) groups is 1. The third-order valence-electron chi connectivity index (χ3n) is 3.43. The Bertz CT molecular complexity index is 818. The van der Waals surface area contributed by atoms with Crippen LogP contribution in [0.2, 0.25) is 0 Å². The molecule has 1 N–H and O–H groups in total. The van der Waals surface area contributed by atoms with Gasteiger partial charge >= 0.3 is 5.97 Å². The van der Waals surface area contributed by atoms with Gasteiger partial charge in [-0.3, -0.25) is 4.79 Å². The van der Waals surface area contributed by atoms with Crippen LogP contribution in [0.15, 0.2) is 66.9 Å². The Balaban J connectivity index is 1.71. The van der Waals surface area contributed by atoms with Gasteiger partial charge in [-0.05, 0) is 11.1 Å². The first-order valence-corrected chi connectivity index (χ1v) is 7.51. The molecule has 0 saturated carbocycles. The van der Waals surface area contributed by atoms with Crippen molar-refractivity contribution in [3.05, 3.63) is 78.0 Å². The highest BCUT2D eigenvalue weighted by molar-refractivity contribution is 5.70. The van der Waals surface area contributed by atoms with E-state index in [-0.39, 0.29) is 6.42 Å². The minimum atomic E-state index is -0.852. The third kappa shape index (κ3) is 4.16. The smallest absolute Gasteiger partial charge is 0.307 e. The van der Waals surface area contributed by atoms with Gasteiger partial charge in [0, 0.05) is 17.8 Å². The number of ether oxygens (including phenoxy) is 1. The quantitative estimate of drug-likeness (QED) is 0.754. The summed E-state index contributed by atoms with van der Waals surface area (Å²) >= 11 is 0. The van der Waals surface area contributed by atoms with E-state index in [1.165, 1.54) is 0 Å². The van der Waals surface area contributed by atoms with Crippen LogP contribution in [0.1, 0.15) is 11.1 Å².